The average Bonchev–Trinajstić information content (AvgIpc) is 3.55. The smallest absolute Gasteiger partial charge is 0.343 e. The zero-order valence-electron chi connectivity index (χ0n) is 21.3. The van der Waals surface area contributed by atoms with Crippen LogP contribution in [0.5, 0.6) is 0 Å². The van der Waals surface area contributed by atoms with Gasteiger partial charge in [-0.25, -0.2) is 14.0 Å². The Bertz CT molecular complexity index is 1260. The normalized spacial score (nSPS) is 51.8. The van der Waals surface area contributed by atoms with Gasteiger partial charge in [0.1, 0.15) is 18.4 Å². The lowest BCUT2D eigenvalue weighted by atomic mass is 9.51. The number of hydrogen-bond donors (Lipinski definition) is 2. The maximum Gasteiger partial charge on any atom is 0.343 e. The van der Waals surface area contributed by atoms with E-state index in [1.807, 2.05) is 6.07 Å². The lowest BCUT2D eigenvalue weighted by Crippen LogP contribution is -2.67. The summed E-state index contributed by atoms with van der Waals surface area (Å²) in [6.45, 7) is 6.61. The highest BCUT2D eigenvalue weighted by Gasteiger charge is 3.05. The third-order valence-electron chi connectivity index (χ3n) is 10.1. The van der Waals surface area contributed by atoms with Gasteiger partial charge in [-0.15, -0.1) is 0 Å². The Morgan fingerprint density at radius 3 is 2.37 bits per heavy atom. The summed E-state index contributed by atoms with van der Waals surface area (Å²) in [6.07, 6.45) is -9.98. The number of hydrogen-bond acceptors (Lipinski definition) is 10. The van der Waals surface area contributed by atoms with Gasteiger partial charge in [-0.1, -0.05) is 51.1 Å². The number of fused-ring (bicyclic) bond motifs is 1. The Labute approximate surface area is 217 Å². The molecule has 1 aromatic carbocycles. The van der Waals surface area contributed by atoms with Crippen molar-refractivity contribution in [2.75, 3.05) is 0 Å². The number of aliphatic hydroxyl groups excluding tert-OH is 1. The van der Waals surface area contributed by atoms with Crippen molar-refractivity contribution in [3.63, 3.8) is 0 Å². The van der Waals surface area contributed by atoms with Crippen molar-refractivity contribution in [2.24, 2.45) is 28.1 Å². The third kappa shape index (κ3) is 2.13. The molecule has 204 valence electrons. The number of alkyl halides is 1. The zero-order chi connectivity index (χ0) is 27.2. The van der Waals surface area contributed by atoms with Crippen LogP contribution in [-0.2, 0) is 44.7 Å². The summed E-state index contributed by atoms with van der Waals surface area (Å²) < 4.78 is 46.0. The van der Waals surface area contributed by atoms with E-state index in [-0.39, 0.29) is 6.61 Å². The van der Waals surface area contributed by atoms with E-state index in [9.17, 15) is 24.6 Å². The van der Waals surface area contributed by atoms with Crippen molar-refractivity contribution in [1.29, 1.82) is 0 Å². The van der Waals surface area contributed by atoms with Gasteiger partial charge in [0, 0.05) is 5.92 Å². The van der Waals surface area contributed by atoms with E-state index in [1.165, 1.54) is 6.92 Å². The summed E-state index contributed by atoms with van der Waals surface area (Å²) in [5, 5.41) is 24.2. The molecule has 10 nitrogen and oxygen atoms in total. The predicted molar refractivity (Wildman–Crippen MR) is 121 cm³/mol. The van der Waals surface area contributed by atoms with Crippen LogP contribution in [0.2, 0.25) is 0 Å². The minimum atomic E-state index is -2.44. The number of aliphatic hydroxyl groups is 2. The standard InChI is InChI=1S/C27H29FO10/c1-11-19(30)35-17-15(29)25-16-13(28)14(23(2,3)4)24(25)18(34-10-12-8-6-5-7-9-12)20(31)37-22(24)38-27(25,21(32)36-16)26(11,17)33/h5-9,11,13-18,22,29,33H,10H2,1-4H3/t11-,13+,14+,15+,16?,17?,18+,22?,24?,25+,26-,27-/m1/s1. The molecule has 6 aliphatic rings. The molecule has 38 heavy (non-hydrogen) atoms. The van der Waals surface area contributed by atoms with Crippen molar-refractivity contribution >= 4 is 17.9 Å². The number of halogens is 1. The number of carbonyl (C=O) groups is 3. The van der Waals surface area contributed by atoms with Crippen LogP contribution < -0.4 is 0 Å². The van der Waals surface area contributed by atoms with Crippen molar-refractivity contribution in [2.45, 2.75) is 82.4 Å². The molecular formula is C27H29FO10. The highest BCUT2D eigenvalue weighted by Crippen LogP contribution is 2.85. The van der Waals surface area contributed by atoms with Gasteiger partial charge in [0.25, 0.3) is 0 Å². The molecule has 0 aromatic heterocycles. The molecule has 1 aromatic rings. The molecule has 0 radical (unpaired) electrons. The quantitative estimate of drug-likeness (QED) is 0.425. The number of carbonyl (C=O) groups excluding carboxylic acids is 3. The van der Waals surface area contributed by atoms with E-state index in [2.05, 4.69) is 0 Å². The number of ether oxygens (including phenoxy) is 5. The summed E-state index contributed by atoms with van der Waals surface area (Å²) in [4.78, 5) is 39.8. The van der Waals surface area contributed by atoms with Crippen LogP contribution in [0.15, 0.2) is 30.3 Å². The van der Waals surface area contributed by atoms with E-state index in [0.29, 0.717) is 0 Å². The highest BCUT2D eigenvalue weighted by atomic mass is 19.1. The van der Waals surface area contributed by atoms with Crippen LogP contribution in [0, 0.1) is 28.1 Å². The Balaban J connectivity index is 1.50. The first-order chi connectivity index (χ1) is 17.8. The van der Waals surface area contributed by atoms with Crippen LogP contribution in [-0.4, -0.2) is 76.2 Å². The Morgan fingerprint density at radius 1 is 1.03 bits per heavy atom. The first kappa shape index (κ1) is 24.4. The Hall–Kier alpha value is -2.60. The first-order valence-corrected chi connectivity index (χ1v) is 12.8. The van der Waals surface area contributed by atoms with Crippen molar-refractivity contribution in [3.05, 3.63) is 35.9 Å². The number of rotatable bonds is 3. The van der Waals surface area contributed by atoms with E-state index >= 15 is 4.39 Å². The van der Waals surface area contributed by atoms with E-state index in [1.54, 1.807) is 45.0 Å². The Kier molecular flexibility index (Phi) is 4.46. The molecule has 4 aliphatic heterocycles. The maximum absolute atomic E-state index is 16.8. The SMILES string of the molecule is C[C@@H]1C(=O)OC2[C@H](O)[C@@]34C5OC(=O)[C@]3(OC3OC(=O)[C@H](OCc6ccccc6)C34[C@H](C(C)(C)C)[C@@H]5F)[C@]21O. The second-order valence-corrected chi connectivity index (χ2v) is 12.5. The lowest BCUT2D eigenvalue weighted by molar-refractivity contribution is -0.240. The first-order valence-electron chi connectivity index (χ1n) is 12.8. The largest absolute Gasteiger partial charge is 0.456 e. The van der Waals surface area contributed by atoms with Gasteiger partial charge in [-0.2, -0.15) is 0 Å². The fourth-order valence-corrected chi connectivity index (χ4v) is 9.12. The summed E-state index contributed by atoms with van der Waals surface area (Å²) in [6, 6.07) is 9.00. The molecule has 12 atom stereocenters. The van der Waals surface area contributed by atoms with Crippen LogP contribution in [0.1, 0.15) is 33.3 Å². The Morgan fingerprint density at radius 2 is 1.71 bits per heavy atom. The summed E-state index contributed by atoms with van der Waals surface area (Å²) in [7, 11) is 0. The van der Waals surface area contributed by atoms with Crippen molar-refractivity contribution in [3.8, 4) is 0 Å². The predicted octanol–water partition coefficient (Wildman–Crippen LogP) is 0.803. The topological polar surface area (TPSA) is 138 Å². The molecule has 2 aliphatic carbocycles. The van der Waals surface area contributed by atoms with Gasteiger partial charge in [-0.05, 0) is 17.9 Å². The molecule has 7 rings (SSSR count). The van der Waals surface area contributed by atoms with Crippen LogP contribution in [0.3, 0.4) is 0 Å². The lowest BCUT2D eigenvalue weighted by Gasteiger charge is -2.48. The second kappa shape index (κ2) is 6.93. The van der Waals surface area contributed by atoms with Crippen molar-refractivity contribution < 1.29 is 52.7 Å². The van der Waals surface area contributed by atoms with Gasteiger partial charge in [0.2, 0.25) is 11.9 Å². The monoisotopic (exact) mass is 532 g/mol. The van der Waals surface area contributed by atoms with E-state index in [4.69, 9.17) is 23.7 Å². The maximum atomic E-state index is 16.8. The molecule has 2 spiro atoms. The summed E-state index contributed by atoms with van der Waals surface area (Å²) in [5.74, 6) is -5.22. The van der Waals surface area contributed by atoms with Gasteiger partial charge in [0.15, 0.2) is 17.8 Å². The van der Waals surface area contributed by atoms with Gasteiger partial charge < -0.3 is 33.9 Å². The fraction of sp³-hybridized carbons (Fsp3) is 0.667. The van der Waals surface area contributed by atoms with Crippen LogP contribution in [0.4, 0.5) is 4.39 Å². The minimum Gasteiger partial charge on any atom is -0.456 e. The van der Waals surface area contributed by atoms with Crippen LogP contribution >= 0.6 is 0 Å². The zero-order valence-corrected chi connectivity index (χ0v) is 21.3. The molecule has 4 saturated heterocycles. The number of esters is 3. The minimum absolute atomic E-state index is 0.0549. The van der Waals surface area contributed by atoms with Gasteiger partial charge in [0.05, 0.1) is 23.4 Å². The number of benzene rings is 1. The average molecular weight is 533 g/mol. The molecule has 0 bridgehead atoms. The molecule has 11 heteroatoms. The molecule has 4 heterocycles. The highest BCUT2D eigenvalue weighted by molar-refractivity contribution is 5.94. The van der Waals surface area contributed by atoms with Gasteiger partial charge >= 0.3 is 17.9 Å². The summed E-state index contributed by atoms with van der Waals surface area (Å²) in [5.41, 5.74) is -8.86. The van der Waals surface area contributed by atoms with Crippen molar-refractivity contribution in [1.82, 2.24) is 0 Å². The third-order valence-corrected chi connectivity index (χ3v) is 10.1. The molecule has 6 fully saturated rings. The molecular weight excluding hydrogens is 503 g/mol. The molecule has 0 amide bonds. The molecule has 4 unspecified atom stereocenters. The fourth-order valence-electron chi connectivity index (χ4n) is 9.12. The van der Waals surface area contributed by atoms with E-state index < -0.39 is 94.1 Å². The van der Waals surface area contributed by atoms with E-state index in [0.717, 1.165) is 5.56 Å². The van der Waals surface area contributed by atoms with Crippen LogP contribution in [0.25, 0.3) is 0 Å². The summed E-state index contributed by atoms with van der Waals surface area (Å²) >= 11 is 0. The molecule has 2 N–H and O–H groups in total. The second-order valence-electron chi connectivity index (χ2n) is 12.5. The van der Waals surface area contributed by atoms with Gasteiger partial charge in [-0.3, -0.25) is 4.79 Å². The molecule has 2 saturated carbocycles.